The minimum absolute atomic E-state index is 0.0405. The summed E-state index contributed by atoms with van der Waals surface area (Å²) in [7, 11) is 1.58. The molecule has 1 aromatic rings. The Morgan fingerprint density at radius 2 is 1.86 bits per heavy atom. The van der Waals surface area contributed by atoms with Crippen LogP contribution >= 0.6 is 11.6 Å². The predicted octanol–water partition coefficient (Wildman–Crippen LogP) is 6.42. The molecule has 1 aromatic carbocycles. The first-order chi connectivity index (χ1) is 17.5. The van der Waals surface area contributed by atoms with Gasteiger partial charge in [-0.2, -0.15) is 0 Å². The predicted molar refractivity (Wildman–Crippen MR) is 145 cm³/mol. The highest BCUT2D eigenvalue weighted by molar-refractivity contribution is 6.47. The summed E-state index contributed by atoms with van der Waals surface area (Å²) in [6.45, 7) is 6.90. The van der Waals surface area contributed by atoms with Crippen molar-refractivity contribution in [1.29, 1.82) is 0 Å². The fourth-order valence-electron chi connectivity index (χ4n) is 6.47. The van der Waals surface area contributed by atoms with Crippen molar-refractivity contribution in [2.75, 3.05) is 7.11 Å². The largest absolute Gasteiger partial charge is 0.495 e. The number of hydrogen-bond donors (Lipinski definition) is 1. The number of carboxylic acid groups (broad SMARTS) is 1. The summed E-state index contributed by atoms with van der Waals surface area (Å²) < 4.78 is 5.32. The second kappa shape index (κ2) is 9.61. The Bertz CT molecular complexity index is 1200. The van der Waals surface area contributed by atoms with Crippen LogP contribution in [0.2, 0.25) is 5.02 Å². The second-order valence-corrected chi connectivity index (χ2v) is 12.5. The van der Waals surface area contributed by atoms with Gasteiger partial charge in [0.2, 0.25) is 0 Å². The van der Waals surface area contributed by atoms with Gasteiger partial charge in [0.15, 0.2) is 0 Å². The molecule has 4 aliphatic rings. The molecule has 0 radical (unpaired) electrons. The van der Waals surface area contributed by atoms with E-state index in [0.29, 0.717) is 46.7 Å². The van der Waals surface area contributed by atoms with E-state index in [1.165, 1.54) is 0 Å². The molecule has 6 nitrogen and oxygen atoms in total. The smallest absolute Gasteiger partial charge is 0.331 e. The zero-order chi connectivity index (χ0) is 26.5. The Kier molecular flexibility index (Phi) is 6.76. The molecule has 1 unspecified atom stereocenters. The summed E-state index contributed by atoms with van der Waals surface area (Å²) in [6.07, 6.45) is 10.7. The first kappa shape index (κ1) is 26.0. The van der Waals surface area contributed by atoms with E-state index in [0.717, 1.165) is 49.7 Å². The lowest BCUT2D eigenvalue weighted by atomic mass is 9.69. The van der Waals surface area contributed by atoms with E-state index < -0.39 is 11.6 Å². The minimum Gasteiger partial charge on any atom is -0.495 e. The Morgan fingerprint density at radius 1 is 1.16 bits per heavy atom. The third-order valence-electron chi connectivity index (χ3n) is 8.81. The molecule has 1 spiro atoms. The molecule has 1 aliphatic heterocycles. The van der Waals surface area contributed by atoms with Crippen LogP contribution in [0.4, 0.5) is 0 Å². The molecule has 1 amide bonds. The summed E-state index contributed by atoms with van der Waals surface area (Å²) in [6, 6.07) is 5.39. The van der Waals surface area contributed by atoms with Gasteiger partial charge in [0.25, 0.3) is 5.91 Å². The van der Waals surface area contributed by atoms with E-state index in [1.54, 1.807) is 25.3 Å². The third kappa shape index (κ3) is 4.85. The topological polar surface area (TPSA) is 79.2 Å². The molecule has 5 rings (SSSR count). The molecule has 0 bridgehead atoms. The number of carboxylic acids is 1. The average Bonchev–Trinajstić information content (AvgIpc) is 3.66. The van der Waals surface area contributed by atoms with Crippen LogP contribution in [0.3, 0.4) is 0 Å². The van der Waals surface area contributed by atoms with E-state index >= 15 is 0 Å². The van der Waals surface area contributed by atoms with Gasteiger partial charge in [0, 0.05) is 11.1 Å². The average molecular weight is 525 g/mol. The number of carbonyl (C=O) groups is 2. The Balaban J connectivity index is 1.55. The fourth-order valence-corrected chi connectivity index (χ4v) is 6.73. The highest BCUT2D eigenvalue weighted by Gasteiger charge is 2.55. The summed E-state index contributed by atoms with van der Waals surface area (Å²) in [5.41, 5.74) is 2.41. The summed E-state index contributed by atoms with van der Waals surface area (Å²) in [4.78, 5) is 33.2. The van der Waals surface area contributed by atoms with Crippen LogP contribution in [-0.4, -0.2) is 46.4 Å². The van der Waals surface area contributed by atoms with Gasteiger partial charge in [0.05, 0.1) is 18.2 Å². The number of methoxy groups -OCH3 is 1. The van der Waals surface area contributed by atoms with Gasteiger partial charge < -0.3 is 14.7 Å². The number of nitrogens with zero attached hydrogens (tertiary/aromatic N) is 2. The number of aliphatic imine (C=N–C) groups is 1. The molecule has 0 aromatic heterocycles. The van der Waals surface area contributed by atoms with Crippen LogP contribution in [0.15, 0.2) is 46.5 Å². The summed E-state index contributed by atoms with van der Waals surface area (Å²) in [5, 5.41) is 9.91. The minimum atomic E-state index is -0.866. The fraction of sp³-hybridized carbons (Fsp3) is 0.567. The van der Waals surface area contributed by atoms with Crippen LogP contribution < -0.4 is 4.74 Å². The lowest BCUT2D eigenvalue weighted by molar-refractivity contribution is -0.134. The molecular formula is C30H37ClN2O4. The number of hydrogen-bond acceptors (Lipinski definition) is 4. The molecule has 2 fully saturated rings. The van der Waals surface area contributed by atoms with E-state index in [9.17, 15) is 14.7 Å². The number of ether oxygens (including phenoxy) is 1. The molecule has 3 aliphatic carbocycles. The summed E-state index contributed by atoms with van der Waals surface area (Å²) in [5.74, 6) is 0.633. The van der Waals surface area contributed by atoms with E-state index in [-0.39, 0.29) is 17.4 Å². The Hall–Kier alpha value is -2.60. The first-order valence-corrected chi connectivity index (χ1v) is 13.8. The molecule has 1 heterocycles. The molecular weight excluding hydrogens is 488 g/mol. The molecule has 2 saturated carbocycles. The quantitative estimate of drug-likeness (QED) is 0.465. The lowest BCUT2D eigenvalue weighted by Gasteiger charge is -2.48. The molecule has 198 valence electrons. The van der Waals surface area contributed by atoms with Gasteiger partial charge >= 0.3 is 5.97 Å². The van der Waals surface area contributed by atoms with Crippen LogP contribution in [0, 0.1) is 17.3 Å². The normalized spacial score (nSPS) is 27.1. The van der Waals surface area contributed by atoms with Crippen LogP contribution in [0.1, 0.15) is 77.7 Å². The van der Waals surface area contributed by atoms with Gasteiger partial charge in [-0.1, -0.05) is 44.5 Å². The number of halogens is 1. The van der Waals surface area contributed by atoms with Crippen molar-refractivity contribution < 1.29 is 19.4 Å². The lowest BCUT2D eigenvalue weighted by Crippen LogP contribution is -2.56. The number of benzene rings is 1. The van der Waals surface area contributed by atoms with Gasteiger partial charge in [-0.3, -0.25) is 9.79 Å². The van der Waals surface area contributed by atoms with Crippen LogP contribution in [0.25, 0.3) is 0 Å². The first-order valence-electron chi connectivity index (χ1n) is 13.4. The maximum Gasteiger partial charge on any atom is 0.331 e. The van der Waals surface area contributed by atoms with Gasteiger partial charge in [-0.05, 0) is 92.4 Å². The van der Waals surface area contributed by atoms with Crippen molar-refractivity contribution in [2.24, 2.45) is 22.2 Å². The monoisotopic (exact) mass is 524 g/mol. The molecule has 1 atom stereocenters. The van der Waals surface area contributed by atoms with Gasteiger partial charge in [-0.15, -0.1) is 0 Å². The van der Waals surface area contributed by atoms with Crippen molar-refractivity contribution in [3.63, 3.8) is 0 Å². The zero-order valence-corrected chi connectivity index (χ0v) is 23.0. The number of carbonyl (C=O) groups excluding carboxylic acids is 1. The maximum atomic E-state index is 14.3. The highest BCUT2D eigenvalue weighted by Crippen LogP contribution is 2.51. The highest BCUT2D eigenvalue weighted by atomic mass is 35.5. The standard InChI is InChI=1S/C30H37ClN2O4/c1-29(2,3)22-13-15-30(16-14-22)32-25(21-11-12-24(37-4)23(31)17-21)27(34)33(30)26(18-5-6-18)19-7-9-20(10-8-19)28(35)36/h7,9,11-12,17-18,22,26H,5-6,8,10,13-16H2,1-4H3,(H,35,36). The number of amides is 1. The van der Waals surface area contributed by atoms with Crippen molar-refractivity contribution in [2.45, 2.75) is 83.8 Å². The third-order valence-corrected chi connectivity index (χ3v) is 9.10. The van der Waals surface area contributed by atoms with Crippen LogP contribution in [0.5, 0.6) is 5.75 Å². The van der Waals surface area contributed by atoms with E-state index in [4.69, 9.17) is 21.3 Å². The van der Waals surface area contributed by atoms with Gasteiger partial charge in [-0.25, -0.2) is 4.79 Å². The molecule has 0 saturated heterocycles. The van der Waals surface area contributed by atoms with Gasteiger partial charge in [0.1, 0.15) is 17.1 Å². The van der Waals surface area contributed by atoms with E-state index in [1.807, 2.05) is 12.1 Å². The van der Waals surface area contributed by atoms with Crippen molar-refractivity contribution in [3.8, 4) is 5.75 Å². The van der Waals surface area contributed by atoms with E-state index in [2.05, 4.69) is 25.7 Å². The Labute approximate surface area is 224 Å². The zero-order valence-electron chi connectivity index (χ0n) is 22.2. The van der Waals surface area contributed by atoms with Crippen molar-refractivity contribution in [1.82, 2.24) is 4.90 Å². The summed E-state index contributed by atoms with van der Waals surface area (Å²) >= 11 is 6.45. The number of allylic oxidation sites excluding steroid dienone is 2. The van der Waals surface area contributed by atoms with Crippen molar-refractivity contribution in [3.05, 3.63) is 52.1 Å². The molecule has 1 N–H and O–H groups in total. The van der Waals surface area contributed by atoms with Crippen molar-refractivity contribution >= 4 is 29.2 Å². The van der Waals surface area contributed by atoms with Crippen LogP contribution in [-0.2, 0) is 9.59 Å². The second-order valence-electron chi connectivity index (χ2n) is 12.1. The number of rotatable bonds is 6. The SMILES string of the molecule is COc1ccc(C2=NC3(CCC(C(C)(C)C)CC3)N(C(C3=CC=C(C(=O)O)CC3)C3CC3)C2=O)cc1Cl. The maximum absolute atomic E-state index is 14.3. The molecule has 37 heavy (non-hydrogen) atoms. The Morgan fingerprint density at radius 3 is 2.38 bits per heavy atom. The number of aliphatic carboxylic acids is 1. The molecule has 7 heteroatoms.